The van der Waals surface area contributed by atoms with Gasteiger partial charge >= 0.3 is 11.9 Å². The predicted octanol–water partition coefficient (Wildman–Crippen LogP) is 1.75. The van der Waals surface area contributed by atoms with Crippen LogP contribution >= 0.6 is 0 Å². The van der Waals surface area contributed by atoms with Gasteiger partial charge in [0.05, 0.1) is 18.6 Å². The molecule has 0 bridgehead atoms. The van der Waals surface area contributed by atoms with Gasteiger partial charge < -0.3 is 24.8 Å². The Kier molecular flexibility index (Phi) is 6.41. The lowest BCUT2D eigenvalue weighted by molar-refractivity contribution is -0.162. The number of aliphatic hydroxyl groups is 1. The molecule has 136 valence electrons. The van der Waals surface area contributed by atoms with Crippen LogP contribution in [0.5, 0.6) is 11.5 Å². The molecular formula is C18H22O7. The molecule has 7 heteroatoms. The highest BCUT2D eigenvalue weighted by Crippen LogP contribution is 2.28. The molecule has 1 unspecified atom stereocenters. The number of carbonyl (C=O) groups is 2. The van der Waals surface area contributed by atoms with Crippen molar-refractivity contribution in [1.82, 2.24) is 0 Å². The third-order valence-electron chi connectivity index (χ3n) is 4.06. The first-order chi connectivity index (χ1) is 11.9. The van der Waals surface area contributed by atoms with E-state index in [0.29, 0.717) is 18.4 Å². The quantitative estimate of drug-likeness (QED) is 0.421. The van der Waals surface area contributed by atoms with E-state index in [1.807, 2.05) is 0 Å². The predicted molar refractivity (Wildman–Crippen MR) is 88.7 cm³/mol. The molecule has 0 spiro atoms. The van der Waals surface area contributed by atoms with Gasteiger partial charge in [-0.3, -0.25) is 4.79 Å². The molecule has 3 atom stereocenters. The number of ether oxygens (including phenoxy) is 2. The molecule has 2 rings (SSSR count). The fourth-order valence-corrected chi connectivity index (χ4v) is 2.71. The van der Waals surface area contributed by atoms with Crippen molar-refractivity contribution < 1.29 is 34.4 Å². The molecule has 7 nitrogen and oxygen atoms in total. The molecule has 0 aromatic heterocycles. The molecule has 1 saturated carbocycles. The number of benzene rings is 1. The Balaban J connectivity index is 1.94. The highest BCUT2D eigenvalue weighted by molar-refractivity contribution is 5.87. The molecule has 0 saturated heterocycles. The lowest BCUT2D eigenvalue weighted by Gasteiger charge is -2.31. The second-order valence-corrected chi connectivity index (χ2v) is 5.89. The minimum absolute atomic E-state index is 0.222. The number of aromatic hydroxyl groups is 2. The molecule has 1 aromatic carbocycles. The maximum Gasteiger partial charge on any atom is 0.331 e. The molecule has 0 radical (unpaired) electrons. The van der Waals surface area contributed by atoms with E-state index < -0.39 is 18.2 Å². The van der Waals surface area contributed by atoms with Crippen LogP contribution in [0.4, 0.5) is 0 Å². The van der Waals surface area contributed by atoms with Gasteiger partial charge in [0.15, 0.2) is 11.5 Å². The third-order valence-corrected chi connectivity index (χ3v) is 4.06. The number of hydrogen-bond donors (Lipinski definition) is 3. The van der Waals surface area contributed by atoms with Crippen LogP contribution in [0.2, 0.25) is 0 Å². The van der Waals surface area contributed by atoms with Crippen molar-refractivity contribution in [3.05, 3.63) is 29.8 Å². The van der Waals surface area contributed by atoms with Crippen LogP contribution in [0, 0.1) is 5.92 Å². The lowest BCUT2D eigenvalue weighted by Crippen LogP contribution is -2.39. The Morgan fingerprint density at radius 3 is 2.68 bits per heavy atom. The van der Waals surface area contributed by atoms with Crippen molar-refractivity contribution in [3.63, 3.8) is 0 Å². The average Bonchev–Trinajstić information content (AvgIpc) is 2.58. The SMILES string of the molecule is CCOC(=O)C1CC[C@@H](O)[C@H](OC(=O)/C=C/c2ccc(O)c(O)c2)C1. The first kappa shape index (κ1) is 18.8. The van der Waals surface area contributed by atoms with E-state index in [1.165, 1.54) is 24.3 Å². The van der Waals surface area contributed by atoms with Crippen molar-refractivity contribution >= 4 is 18.0 Å². The van der Waals surface area contributed by atoms with Crippen LogP contribution in [0.3, 0.4) is 0 Å². The van der Waals surface area contributed by atoms with E-state index in [2.05, 4.69) is 0 Å². The van der Waals surface area contributed by atoms with Crippen molar-refractivity contribution in [1.29, 1.82) is 0 Å². The van der Waals surface area contributed by atoms with E-state index in [9.17, 15) is 24.9 Å². The van der Waals surface area contributed by atoms with Crippen LogP contribution in [-0.2, 0) is 19.1 Å². The van der Waals surface area contributed by atoms with Crippen molar-refractivity contribution in [2.45, 2.75) is 38.4 Å². The molecule has 1 aliphatic carbocycles. The number of esters is 2. The zero-order chi connectivity index (χ0) is 18.4. The topological polar surface area (TPSA) is 113 Å². The summed E-state index contributed by atoms with van der Waals surface area (Å²) in [4.78, 5) is 23.7. The molecule has 0 amide bonds. The normalized spacial score (nSPS) is 23.4. The van der Waals surface area contributed by atoms with E-state index >= 15 is 0 Å². The monoisotopic (exact) mass is 350 g/mol. The summed E-state index contributed by atoms with van der Waals surface area (Å²) in [6.07, 6.45) is 2.06. The number of aliphatic hydroxyl groups excluding tert-OH is 1. The summed E-state index contributed by atoms with van der Waals surface area (Å²) in [7, 11) is 0. The molecule has 0 aliphatic heterocycles. The first-order valence-electron chi connectivity index (χ1n) is 8.16. The number of carbonyl (C=O) groups excluding carboxylic acids is 2. The van der Waals surface area contributed by atoms with Gasteiger partial charge in [0.1, 0.15) is 6.10 Å². The average molecular weight is 350 g/mol. The second kappa shape index (κ2) is 8.53. The number of rotatable bonds is 5. The number of phenols is 2. The molecule has 1 aromatic rings. The highest BCUT2D eigenvalue weighted by atomic mass is 16.6. The van der Waals surface area contributed by atoms with Gasteiger partial charge in [-0.1, -0.05) is 6.07 Å². The van der Waals surface area contributed by atoms with Crippen LogP contribution in [-0.4, -0.2) is 46.1 Å². The Morgan fingerprint density at radius 1 is 1.24 bits per heavy atom. The Hall–Kier alpha value is -2.54. The van der Waals surface area contributed by atoms with Crippen LogP contribution < -0.4 is 0 Å². The smallest absolute Gasteiger partial charge is 0.331 e. The summed E-state index contributed by atoms with van der Waals surface area (Å²) in [5.41, 5.74) is 0.501. The van der Waals surface area contributed by atoms with Crippen molar-refractivity contribution in [2.75, 3.05) is 6.61 Å². The minimum Gasteiger partial charge on any atom is -0.504 e. The molecule has 0 heterocycles. The van der Waals surface area contributed by atoms with Gasteiger partial charge in [-0.2, -0.15) is 0 Å². The fourth-order valence-electron chi connectivity index (χ4n) is 2.71. The van der Waals surface area contributed by atoms with E-state index in [4.69, 9.17) is 9.47 Å². The standard InChI is InChI=1S/C18H22O7/c1-2-24-18(23)12-5-7-14(20)16(10-12)25-17(22)8-4-11-3-6-13(19)15(21)9-11/h3-4,6,8-9,12,14,16,19-21H,2,5,7,10H2,1H3/b8-4+/t12?,14-,16-/m1/s1. The van der Waals surface area contributed by atoms with Gasteiger partial charge in [-0.25, -0.2) is 4.79 Å². The summed E-state index contributed by atoms with van der Waals surface area (Å²) >= 11 is 0. The molecule has 25 heavy (non-hydrogen) atoms. The van der Waals surface area contributed by atoms with Gasteiger partial charge in [0, 0.05) is 12.5 Å². The highest BCUT2D eigenvalue weighted by Gasteiger charge is 2.35. The minimum atomic E-state index is -0.819. The third kappa shape index (κ3) is 5.22. The Bertz CT molecular complexity index is 653. The van der Waals surface area contributed by atoms with E-state index in [0.717, 1.165) is 6.08 Å². The van der Waals surface area contributed by atoms with Crippen LogP contribution in [0.25, 0.3) is 6.08 Å². The molecule has 3 N–H and O–H groups in total. The van der Waals surface area contributed by atoms with Crippen LogP contribution in [0.1, 0.15) is 31.7 Å². The zero-order valence-electron chi connectivity index (χ0n) is 13.9. The largest absolute Gasteiger partial charge is 0.504 e. The molecular weight excluding hydrogens is 328 g/mol. The second-order valence-electron chi connectivity index (χ2n) is 5.89. The summed E-state index contributed by atoms with van der Waals surface area (Å²) in [5, 5.41) is 28.6. The summed E-state index contributed by atoms with van der Waals surface area (Å²) in [6.45, 7) is 2.00. The van der Waals surface area contributed by atoms with Crippen molar-refractivity contribution in [2.24, 2.45) is 5.92 Å². The maximum atomic E-state index is 11.9. The van der Waals surface area contributed by atoms with Gasteiger partial charge in [0.2, 0.25) is 0 Å². The molecule has 1 fully saturated rings. The van der Waals surface area contributed by atoms with Crippen LogP contribution in [0.15, 0.2) is 24.3 Å². The maximum absolute atomic E-state index is 11.9. The van der Waals surface area contributed by atoms with Gasteiger partial charge in [0.25, 0.3) is 0 Å². The number of hydrogen-bond acceptors (Lipinski definition) is 7. The first-order valence-corrected chi connectivity index (χ1v) is 8.16. The van der Waals surface area contributed by atoms with Crippen molar-refractivity contribution in [3.8, 4) is 11.5 Å². The van der Waals surface area contributed by atoms with Gasteiger partial charge in [-0.15, -0.1) is 0 Å². The van der Waals surface area contributed by atoms with E-state index in [-0.39, 0.29) is 36.4 Å². The fraction of sp³-hybridized carbons (Fsp3) is 0.444. The van der Waals surface area contributed by atoms with Gasteiger partial charge in [-0.05, 0) is 43.5 Å². The summed E-state index contributed by atoms with van der Waals surface area (Å²) in [6, 6.07) is 4.12. The summed E-state index contributed by atoms with van der Waals surface area (Å²) in [5.74, 6) is -1.95. The number of phenolic OH excluding ortho intramolecular Hbond substituents is 2. The zero-order valence-corrected chi connectivity index (χ0v) is 13.9. The summed E-state index contributed by atoms with van der Waals surface area (Å²) < 4.78 is 10.2. The Morgan fingerprint density at radius 2 is 2.00 bits per heavy atom. The molecule has 1 aliphatic rings. The Labute approximate surface area is 145 Å². The lowest BCUT2D eigenvalue weighted by atomic mass is 9.85. The van der Waals surface area contributed by atoms with E-state index in [1.54, 1.807) is 6.92 Å².